The molecule has 11 heavy (non-hydrogen) atoms. The van der Waals surface area contributed by atoms with Crippen LogP contribution in [0.3, 0.4) is 0 Å². The zero-order valence-corrected chi connectivity index (χ0v) is 7.25. The fraction of sp³-hybridized carbons (Fsp3) is 0.889. The van der Waals surface area contributed by atoms with Gasteiger partial charge in [0.2, 0.25) is 0 Å². The van der Waals surface area contributed by atoms with E-state index in [0.29, 0.717) is 6.04 Å². The molecule has 0 N–H and O–H groups in total. The molecule has 1 unspecified atom stereocenters. The highest BCUT2D eigenvalue weighted by atomic mass is 16.1. The van der Waals surface area contributed by atoms with Crippen molar-refractivity contribution in [1.29, 1.82) is 0 Å². The average Bonchev–Trinajstić information content (AvgIpc) is 2.03. The summed E-state index contributed by atoms with van der Waals surface area (Å²) in [5.41, 5.74) is 0. The molecule has 0 radical (unpaired) electrons. The van der Waals surface area contributed by atoms with Crippen molar-refractivity contribution in [2.75, 3.05) is 13.6 Å². The van der Waals surface area contributed by atoms with E-state index >= 15 is 0 Å². The minimum Gasteiger partial charge on any atom is -0.303 e. The molecule has 2 nitrogen and oxygen atoms in total. The smallest absolute Gasteiger partial charge is 0.120 e. The molecule has 2 heteroatoms. The summed E-state index contributed by atoms with van der Waals surface area (Å²) < 4.78 is 0. The Kier molecular flexibility index (Phi) is 3.57. The quantitative estimate of drug-likeness (QED) is 0.575. The first-order chi connectivity index (χ1) is 5.34. The summed E-state index contributed by atoms with van der Waals surface area (Å²) in [4.78, 5) is 12.5. The molecule has 0 aromatic carbocycles. The Morgan fingerprint density at radius 2 is 2.36 bits per heavy atom. The highest BCUT2D eigenvalue weighted by Crippen LogP contribution is 2.18. The number of hydrogen-bond donors (Lipinski definition) is 0. The van der Waals surface area contributed by atoms with E-state index in [-0.39, 0.29) is 0 Å². The molecule has 0 spiro atoms. The summed E-state index contributed by atoms with van der Waals surface area (Å²) in [6, 6.07) is 0.675. The highest BCUT2D eigenvalue weighted by Gasteiger charge is 2.17. The lowest BCUT2D eigenvalue weighted by Crippen LogP contribution is -2.36. The molecule has 0 bridgehead atoms. The Balaban J connectivity index is 2.23. The normalized spacial score (nSPS) is 26.8. The first kappa shape index (κ1) is 8.72. The Labute approximate surface area is 68.6 Å². The third kappa shape index (κ3) is 2.62. The lowest BCUT2D eigenvalue weighted by Gasteiger charge is -2.31. The Morgan fingerprint density at radius 1 is 1.55 bits per heavy atom. The lowest BCUT2D eigenvalue weighted by molar-refractivity contribution is -0.108. The van der Waals surface area contributed by atoms with Crippen molar-refractivity contribution < 1.29 is 4.79 Å². The van der Waals surface area contributed by atoms with Crippen LogP contribution >= 0.6 is 0 Å². The van der Waals surface area contributed by atoms with Gasteiger partial charge in [-0.2, -0.15) is 0 Å². The molecule has 1 aliphatic heterocycles. The van der Waals surface area contributed by atoms with Crippen LogP contribution in [-0.2, 0) is 4.79 Å². The SMILES string of the molecule is CN1CCCCC1CCC=O. The van der Waals surface area contributed by atoms with Gasteiger partial charge in [-0.3, -0.25) is 0 Å². The summed E-state index contributed by atoms with van der Waals surface area (Å²) in [5.74, 6) is 0. The van der Waals surface area contributed by atoms with Gasteiger partial charge in [0.05, 0.1) is 0 Å². The third-order valence-corrected chi connectivity index (χ3v) is 2.54. The third-order valence-electron chi connectivity index (χ3n) is 2.54. The first-order valence-corrected chi connectivity index (χ1v) is 4.48. The average molecular weight is 155 g/mol. The van der Waals surface area contributed by atoms with Crippen LogP contribution in [0.15, 0.2) is 0 Å². The number of likely N-dealkylation sites (tertiary alicyclic amines) is 1. The van der Waals surface area contributed by atoms with Crippen molar-refractivity contribution in [3.63, 3.8) is 0 Å². The number of nitrogens with zero attached hydrogens (tertiary/aromatic N) is 1. The molecule has 1 atom stereocenters. The first-order valence-electron chi connectivity index (χ1n) is 4.48. The minimum atomic E-state index is 0.675. The maximum Gasteiger partial charge on any atom is 0.120 e. The molecule has 1 fully saturated rings. The molecule has 0 saturated carbocycles. The van der Waals surface area contributed by atoms with Crippen molar-refractivity contribution in [3.05, 3.63) is 0 Å². The van der Waals surface area contributed by atoms with Crippen LogP contribution in [-0.4, -0.2) is 30.8 Å². The predicted octanol–water partition coefficient (Wildman–Crippen LogP) is 1.45. The molecule has 64 valence electrons. The van der Waals surface area contributed by atoms with Gasteiger partial charge >= 0.3 is 0 Å². The molecule has 1 saturated heterocycles. The summed E-state index contributed by atoms with van der Waals surface area (Å²) in [6.45, 7) is 1.21. The maximum absolute atomic E-state index is 10.1. The van der Waals surface area contributed by atoms with E-state index in [2.05, 4.69) is 11.9 Å². The number of carbonyl (C=O) groups is 1. The van der Waals surface area contributed by atoms with Crippen LogP contribution in [0, 0.1) is 0 Å². The van der Waals surface area contributed by atoms with Crippen molar-refractivity contribution >= 4 is 6.29 Å². The number of piperidine rings is 1. The monoisotopic (exact) mass is 155 g/mol. The van der Waals surface area contributed by atoms with Gasteiger partial charge < -0.3 is 9.69 Å². The molecule has 1 heterocycles. The van der Waals surface area contributed by atoms with Gasteiger partial charge in [-0.25, -0.2) is 0 Å². The van der Waals surface area contributed by atoms with Gasteiger partial charge in [-0.1, -0.05) is 6.42 Å². The van der Waals surface area contributed by atoms with Crippen LogP contribution < -0.4 is 0 Å². The van der Waals surface area contributed by atoms with Gasteiger partial charge in [-0.15, -0.1) is 0 Å². The van der Waals surface area contributed by atoms with E-state index in [0.717, 1.165) is 19.1 Å². The van der Waals surface area contributed by atoms with Crippen LogP contribution in [0.1, 0.15) is 32.1 Å². The number of carbonyl (C=O) groups excluding carboxylic acids is 1. The van der Waals surface area contributed by atoms with Crippen LogP contribution in [0.2, 0.25) is 0 Å². The van der Waals surface area contributed by atoms with Crippen LogP contribution in [0.5, 0.6) is 0 Å². The number of aldehydes is 1. The Morgan fingerprint density at radius 3 is 3.00 bits per heavy atom. The zero-order chi connectivity index (χ0) is 8.10. The summed E-state index contributed by atoms with van der Waals surface area (Å²) in [5, 5.41) is 0. The molecular formula is C9H17NO. The van der Waals surface area contributed by atoms with Crippen molar-refractivity contribution in [1.82, 2.24) is 4.90 Å². The molecule has 0 aromatic rings. The predicted molar refractivity (Wildman–Crippen MR) is 45.6 cm³/mol. The zero-order valence-electron chi connectivity index (χ0n) is 7.25. The van der Waals surface area contributed by atoms with E-state index in [4.69, 9.17) is 0 Å². The van der Waals surface area contributed by atoms with Crippen molar-refractivity contribution in [2.24, 2.45) is 0 Å². The molecule has 1 rings (SSSR count). The molecule has 0 aromatic heterocycles. The van der Waals surface area contributed by atoms with E-state index in [9.17, 15) is 4.79 Å². The van der Waals surface area contributed by atoms with Gasteiger partial charge in [-0.05, 0) is 32.9 Å². The van der Waals surface area contributed by atoms with Crippen LogP contribution in [0.25, 0.3) is 0 Å². The molecule has 0 amide bonds. The standard InChI is InChI=1S/C9H17NO/c1-10-7-3-2-5-9(10)6-4-8-11/h8-9H,2-7H2,1H3. The maximum atomic E-state index is 10.1. The molecule has 1 aliphatic rings. The van der Waals surface area contributed by atoms with Crippen molar-refractivity contribution in [3.8, 4) is 0 Å². The largest absolute Gasteiger partial charge is 0.303 e. The van der Waals surface area contributed by atoms with E-state index in [1.54, 1.807) is 0 Å². The van der Waals surface area contributed by atoms with Gasteiger partial charge in [0.1, 0.15) is 6.29 Å². The topological polar surface area (TPSA) is 20.3 Å². The fourth-order valence-corrected chi connectivity index (χ4v) is 1.77. The van der Waals surface area contributed by atoms with E-state index in [1.165, 1.54) is 25.8 Å². The Bertz CT molecular complexity index is 125. The molecule has 0 aliphatic carbocycles. The second-order valence-corrected chi connectivity index (χ2v) is 3.37. The van der Waals surface area contributed by atoms with E-state index < -0.39 is 0 Å². The number of hydrogen-bond acceptors (Lipinski definition) is 2. The summed E-state index contributed by atoms with van der Waals surface area (Å²) in [6.07, 6.45) is 6.77. The fourth-order valence-electron chi connectivity index (χ4n) is 1.77. The van der Waals surface area contributed by atoms with Crippen molar-refractivity contribution in [2.45, 2.75) is 38.1 Å². The Hall–Kier alpha value is -0.370. The summed E-state index contributed by atoms with van der Waals surface area (Å²) >= 11 is 0. The van der Waals surface area contributed by atoms with E-state index in [1.807, 2.05) is 0 Å². The summed E-state index contributed by atoms with van der Waals surface area (Å²) in [7, 11) is 2.16. The second-order valence-electron chi connectivity index (χ2n) is 3.37. The second kappa shape index (κ2) is 4.50. The minimum absolute atomic E-state index is 0.675. The lowest BCUT2D eigenvalue weighted by atomic mass is 9.99. The van der Waals surface area contributed by atoms with Gasteiger partial charge in [0.25, 0.3) is 0 Å². The number of rotatable bonds is 3. The van der Waals surface area contributed by atoms with Gasteiger partial charge in [0.15, 0.2) is 0 Å². The van der Waals surface area contributed by atoms with Crippen LogP contribution in [0.4, 0.5) is 0 Å². The van der Waals surface area contributed by atoms with Gasteiger partial charge in [0, 0.05) is 12.5 Å². The molecular weight excluding hydrogens is 138 g/mol. The highest BCUT2D eigenvalue weighted by molar-refractivity contribution is 5.49.